The maximum Gasteiger partial charge on any atom is 0.202 e. The summed E-state index contributed by atoms with van der Waals surface area (Å²) in [6.45, 7) is 0.755. The first-order valence-corrected chi connectivity index (χ1v) is 5.78. The number of aromatic nitrogens is 5. The van der Waals surface area contributed by atoms with E-state index in [9.17, 15) is 0 Å². The monoisotopic (exact) mass is 242 g/mol. The van der Waals surface area contributed by atoms with Crippen LogP contribution in [-0.4, -0.2) is 24.3 Å². The van der Waals surface area contributed by atoms with Gasteiger partial charge in [0.15, 0.2) is 5.65 Å². The Morgan fingerprint density at radius 2 is 2.28 bits per heavy atom. The molecule has 0 atom stereocenters. The van der Waals surface area contributed by atoms with Crippen molar-refractivity contribution < 1.29 is 0 Å². The summed E-state index contributed by atoms with van der Waals surface area (Å²) < 4.78 is 3.73. The summed E-state index contributed by atoms with van der Waals surface area (Å²) in [7, 11) is 1.91. The first-order chi connectivity index (χ1) is 8.74. The predicted octanol–water partition coefficient (Wildman–Crippen LogP) is 0.990. The highest BCUT2D eigenvalue weighted by atomic mass is 15.2. The molecule has 0 saturated carbocycles. The first-order valence-electron chi connectivity index (χ1n) is 5.78. The van der Waals surface area contributed by atoms with E-state index in [0.717, 1.165) is 24.1 Å². The minimum atomic E-state index is 0.507. The highest BCUT2D eigenvalue weighted by Gasteiger charge is 2.08. The molecule has 0 aliphatic heterocycles. The van der Waals surface area contributed by atoms with Crippen LogP contribution in [0, 0.1) is 0 Å². The molecule has 0 spiro atoms. The van der Waals surface area contributed by atoms with Crippen LogP contribution in [0.25, 0.3) is 11.2 Å². The van der Waals surface area contributed by atoms with Gasteiger partial charge in [-0.15, -0.1) is 0 Å². The zero-order chi connectivity index (χ0) is 12.5. The highest BCUT2D eigenvalue weighted by Crippen LogP contribution is 2.15. The number of rotatable bonds is 3. The summed E-state index contributed by atoms with van der Waals surface area (Å²) >= 11 is 0. The lowest BCUT2D eigenvalue weighted by Crippen LogP contribution is -2.06. The SMILES string of the molecule is Cn1cc(CCn2c(N)nc3cccnc32)cn1. The van der Waals surface area contributed by atoms with Crippen molar-refractivity contribution in [1.82, 2.24) is 24.3 Å². The van der Waals surface area contributed by atoms with Crippen molar-refractivity contribution in [3.8, 4) is 0 Å². The lowest BCUT2D eigenvalue weighted by atomic mass is 10.2. The van der Waals surface area contributed by atoms with Crippen molar-refractivity contribution in [3.63, 3.8) is 0 Å². The van der Waals surface area contributed by atoms with Gasteiger partial charge in [0.1, 0.15) is 5.52 Å². The van der Waals surface area contributed by atoms with E-state index in [2.05, 4.69) is 15.1 Å². The van der Waals surface area contributed by atoms with Crippen molar-refractivity contribution in [2.45, 2.75) is 13.0 Å². The van der Waals surface area contributed by atoms with Gasteiger partial charge in [0.05, 0.1) is 6.20 Å². The average Bonchev–Trinajstić information content (AvgIpc) is 2.90. The Balaban J connectivity index is 1.88. The molecule has 0 aromatic carbocycles. The van der Waals surface area contributed by atoms with Crippen LogP contribution in [0.15, 0.2) is 30.7 Å². The molecule has 0 saturated heterocycles. The standard InChI is InChI=1S/C12H14N6/c1-17-8-9(7-15-17)4-6-18-11-10(16-12(18)13)3-2-5-14-11/h2-3,5,7-8H,4,6H2,1H3,(H2,13,16). The lowest BCUT2D eigenvalue weighted by Gasteiger charge is -2.03. The van der Waals surface area contributed by atoms with Gasteiger partial charge in [0.25, 0.3) is 0 Å². The van der Waals surface area contributed by atoms with Crippen LogP contribution < -0.4 is 5.73 Å². The summed E-state index contributed by atoms with van der Waals surface area (Å²) in [6.07, 6.45) is 6.48. The van der Waals surface area contributed by atoms with Crippen LogP contribution in [0.4, 0.5) is 5.95 Å². The van der Waals surface area contributed by atoms with Crippen molar-refractivity contribution in [3.05, 3.63) is 36.3 Å². The molecule has 18 heavy (non-hydrogen) atoms. The number of hydrogen-bond donors (Lipinski definition) is 1. The minimum absolute atomic E-state index is 0.507. The zero-order valence-corrected chi connectivity index (χ0v) is 10.1. The molecule has 0 aliphatic rings. The smallest absolute Gasteiger partial charge is 0.202 e. The van der Waals surface area contributed by atoms with Crippen LogP contribution in [0.1, 0.15) is 5.56 Å². The van der Waals surface area contributed by atoms with Gasteiger partial charge in [0.2, 0.25) is 5.95 Å². The van der Waals surface area contributed by atoms with Crippen molar-refractivity contribution in [2.24, 2.45) is 7.05 Å². The molecule has 6 nitrogen and oxygen atoms in total. The number of nitrogen functional groups attached to an aromatic ring is 1. The molecule has 0 amide bonds. The Morgan fingerprint density at radius 3 is 3.06 bits per heavy atom. The third-order valence-corrected chi connectivity index (χ3v) is 2.92. The molecule has 2 N–H and O–H groups in total. The highest BCUT2D eigenvalue weighted by molar-refractivity contribution is 5.73. The topological polar surface area (TPSA) is 74.5 Å². The lowest BCUT2D eigenvalue weighted by molar-refractivity contribution is 0.717. The fourth-order valence-electron chi connectivity index (χ4n) is 2.04. The molecule has 0 fully saturated rings. The van der Waals surface area contributed by atoms with Crippen molar-refractivity contribution in [1.29, 1.82) is 0 Å². The van der Waals surface area contributed by atoms with Gasteiger partial charge in [-0.1, -0.05) is 0 Å². The normalized spacial score (nSPS) is 11.2. The number of hydrogen-bond acceptors (Lipinski definition) is 4. The number of aryl methyl sites for hydroxylation is 3. The number of imidazole rings is 1. The molecule has 0 unspecified atom stereocenters. The summed E-state index contributed by atoms with van der Waals surface area (Å²) in [5, 5.41) is 4.15. The van der Waals surface area contributed by atoms with E-state index < -0.39 is 0 Å². The predicted molar refractivity (Wildman–Crippen MR) is 68.9 cm³/mol. The molecule has 0 bridgehead atoms. The number of fused-ring (bicyclic) bond motifs is 1. The Morgan fingerprint density at radius 1 is 1.39 bits per heavy atom. The van der Waals surface area contributed by atoms with Gasteiger partial charge < -0.3 is 5.73 Å². The van der Waals surface area contributed by atoms with E-state index in [1.807, 2.05) is 36.1 Å². The quantitative estimate of drug-likeness (QED) is 0.743. The van der Waals surface area contributed by atoms with E-state index in [4.69, 9.17) is 5.73 Å². The van der Waals surface area contributed by atoms with Crippen LogP contribution in [-0.2, 0) is 20.0 Å². The second-order valence-corrected chi connectivity index (χ2v) is 4.24. The maximum atomic E-state index is 5.91. The maximum absolute atomic E-state index is 5.91. The molecule has 0 aliphatic carbocycles. The molecule has 3 aromatic heterocycles. The van der Waals surface area contributed by atoms with Crippen LogP contribution in [0.3, 0.4) is 0 Å². The van der Waals surface area contributed by atoms with Crippen molar-refractivity contribution in [2.75, 3.05) is 5.73 Å². The zero-order valence-electron chi connectivity index (χ0n) is 10.1. The Labute approximate surface area is 104 Å². The second-order valence-electron chi connectivity index (χ2n) is 4.24. The van der Waals surface area contributed by atoms with E-state index in [0.29, 0.717) is 5.95 Å². The Bertz CT molecular complexity index is 681. The summed E-state index contributed by atoms with van der Waals surface area (Å²) in [4.78, 5) is 8.61. The average molecular weight is 242 g/mol. The molecule has 6 heteroatoms. The van der Waals surface area contributed by atoms with E-state index >= 15 is 0 Å². The molecule has 3 aromatic rings. The Kier molecular flexibility index (Phi) is 2.47. The number of anilines is 1. The number of nitrogens with zero attached hydrogens (tertiary/aromatic N) is 5. The molecule has 3 heterocycles. The van der Waals surface area contributed by atoms with Gasteiger partial charge in [0, 0.05) is 26.0 Å². The fourth-order valence-corrected chi connectivity index (χ4v) is 2.04. The third kappa shape index (κ3) is 1.81. The van der Waals surface area contributed by atoms with E-state index in [1.54, 1.807) is 10.9 Å². The summed E-state index contributed by atoms with van der Waals surface area (Å²) in [5.41, 5.74) is 8.76. The largest absolute Gasteiger partial charge is 0.369 e. The number of pyridine rings is 1. The molecule has 0 radical (unpaired) electrons. The molecular weight excluding hydrogens is 228 g/mol. The van der Waals surface area contributed by atoms with Crippen LogP contribution >= 0.6 is 0 Å². The van der Waals surface area contributed by atoms with Crippen molar-refractivity contribution >= 4 is 17.1 Å². The van der Waals surface area contributed by atoms with Gasteiger partial charge in [-0.3, -0.25) is 9.25 Å². The summed E-state index contributed by atoms with van der Waals surface area (Å²) in [5.74, 6) is 0.507. The summed E-state index contributed by atoms with van der Waals surface area (Å²) in [6, 6.07) is 3.78. The van der Waals surface area contributed by atoms with Gasteiger partial charge in [-0.25, -0.2) is 9.97 Å². The van der Waals surface area contributed by atoms with E-state index in [1.165, 1.54) is 5.56 Å². The fraction of sp³-hybridized carbons (Fsp3) is 0.250. The van der Waals surface area contributed by atoms with Gasteiger partial charge in [-0.2, -0.15) is 5.10 Å². The minimum Gasteiger partial charge on any atom is -0.369 e. The Hall–Kier alpha value is -2.37. The number of nitrogens with two attached hydrogens (primary N) is 1. The third-order valence-electron chi connectivity index (χ3n) is 2.92. The van der Waals surface area contributed by atoms with Crippen LogP contribution in [0.2, 0.25) is 0 Å². The first kappa shape index (κ1) is 10.8. The van der Waals surface area contributed by atoms with Crippen LogP contribution in [0.5, 0.6) is 0 Å². The van der Waals surface area contributed by atoms with Gasteiger partial charge >= 0.3 is 0 Å². The molecule has 3 rings (SSSR count). The van der Waals surface area contributed by atoms with Gasteiger partial charge in [-0.05, 0) is 24.1 Å². The molecule has 92 valence electrons. The second kappa shape index (κ2) is 4.14. The molecular formula is C12H14N6. The van der Waals surface area contributed by atoms with E-state index in [-0.39, 0.29) is 0 Å².